The highest BCUT2D eigenvalue weighted by atomic mass is 16.6. The zero-order valence-corrected chi connectivity index (χ0v) is 23.3. The van der Waals surface area contributed by atoms with Gasteiger partial charge in [-0.15, -0.1) is 0 Å². The number of carbonyl (C=O) groups excluding carboxylic acids is 1. The van der Waals surface area contributed by atoms with Crippen molar-refractivity contribution in [3.05, 3.63) is 102 Å². The van der Waals surface area contributed by atoms with Crippen LogP contribution in [0.4, 0.5) is 0 Å². The summed E-state index contributed by atoms with van der Waals surface area (Å²) in [4.78, 5) is 16.9. The van der Waals surface area contributed by atoms with Gasteiger partial charge in [-0.25, -0.2) is 9.78 Å². The third-order valence-corrected chi connectivity index (χ3v) is 6.67. The minimum atomic E-state index is -1.07. The molecule has 1 aromatic heterocycles. The highest BCUT2D eigenvalue weighted by Crippen LogP contribution is 2.32. The summed E-state index contributed by atoms with van der Waals surface area (Å²) in [7, 11) is 0. The summed E-state index contributed by atoms with van der Waals surface area (Å²) in [5, 5.41) is 2.42. The van der Waals surface area contributed by atoms with E-state index in [1.165, 1.54) is 16.3 Å². The Bertz CT molecular complexity index is 1610. The molecule has 0 saturated heterocycles. The Morgan fingerprint density at radius 1 is 0.875 bits per heavy atom. The second kappa shape index (κ2) is 11.7. The first-order valence-corrected chi connectivity index (χ1v) is 13.5. The maximum Gasteiger partial charge on any atom is 0.349 e. The average Bonchev–Trinajstić information content (AvgIpc) is 3.34. The van der Waals surface area contributed by atoms with Crippen molar-refractivity contribution in [3.8, 4) is 34.1 Å². The molecule has 0 spiro atoms. The molecule has 4 aromatic carbocycles. The van der Waals surface area contributed by atoms with E-state index in [9.17, 15) is 4.79 Å². The fourth-order valence-corrected chi connectivity index (χ4v) is 4.59. The molecule has 0 aliphatic carbocycles. The lowest BCUT2D eigenvalue weighted by Crippen LogP contribution is -2.39. The number of benzene rings is 4. The van der Waals surface area contributed by atoms with Gasteiger partial charge in [0.1, 0.15) is 17.3 Å². The maximum atomic E-state index is 12.1. The minimum absolute atomic E-state index is 0.308. The van der Waals surface area contributed by atoms with E-state index in [-0.39, 0.29) is 0 Å². The van der Waals surface area contributed by atoms with Crippen LogP contribution in [-0.2, 0) is 16.0 Å². The molecule has 0 unspecified atom stereocenters. The van der Waals surface area contributed by atoms with Crippen LogP contribution in [0.15, 0.2) is 95.4 Å². The Balaban J connectivity index is 1.23. The van der Waals surface area contributed by atoms with Crippen LogP contribution in [0.25, 0.3) is 33.4 Å². The van der Waals surface area contributed by atoms with Gasteiger partial charge in [0, 0.05) is 12.0 Å². The molecule has 6 heteroatoms. The lowest BCUT2D eigenvalue weighted by Gasteiger charge is -2.24. The van der Waals surface area contributed by atoms with Crippen molar-refractivity contribution in [2.24, 2.45) is 0 Å². The summed E-state index contributed by atoms with van der Waals surface area (Å²) >= 11 is 0. The Labute approximate surface area is 234 Å². The van der Waals surface area contributed by atoms with Crippen molar-refractivity contribution >= 4 is 16.7 Å². The van der Waals surface area contributed by atoms with Gasteiger partial charge in [0.15, 0.2) is 5.60 Å². The van der Waals surface area contributed by atoms with Crippen molar-refractivity contribution in [2.45, 2.75) is 39.7 Å². The van der Waals surface area contributed by atoms with Crippen molar-refractivity contribution in [3.63, 3.8) is 0 Å². The molecule has 1 heterocycles. The average molecular weight is 536 g/mol. The molecular formula is C34H33NO5. The van der Waals surface area contributed by atoms with Crippen LogP contribution in [0.5, 0.6) is 11.5 Å². The van der Waals surface area contributed by atoms with E-state index in [1.54, 1.807) is 32.9 Å². The molecule has 0 radical (unpaired) electrons. The number of esters is 1. The van der Waals surface area contributed by atoms with E-state index >= 15 is 0 Å². The van der Waals surface area contributed by atoms with Crippen molar-refractivity contribution < 1.29 is 23.4 Å². The van der Waals surface area contributed by atoms with Gasteiger partial charge in [0.2, 0.25) is 5.89 Å². The van der Waals surface area contributed by atoms with Crippen LogP contribution in [-0.4, -0.2) is 29.8 Å². The molecule has 5 rings (SSSR count). The molecule has 204 valence electrons. The third kappa shape index (κ3) is 6.01. The molecule has 0 saturated carbocycles. The highest BCUT2D eigenvalue weighted by molar-refractivity contribution is 5.97. The quantitative estimate of drug-likeness (QED) is 0.170. The van der Waals surface area contributed by atoms with E-state index in [1.807, 2.05) is 31.2 Å². The topological polar surface area (TPSA) is 70.8 Å². The molecular weight excluding hydrogens is 502 g/mol. The van der Waals surface area contributed by atoms with Gasteiger partial charge in [-0.3, -0.25) is 0 Å². The number of nitrogens with zero attached hydrogens (tertiary/aromatic N) is 1. The summed E-state index contributed by atoms with van der Waals surface area (Å²) < 4.78 is 22.9. The smallest absolute Gasteiger partial charge is 0.349 e. The Morgan fingerprint density at radius 2 is 1.57 bits per heavy atom. The molecule has 6 nitrogen and oxygen atoms in total. The molecule has 0 bridgehead atoms. The predicted octanol–water partition coefficient (Wildman–Crippen LogP) is 7.81. The largest absolute Gasteiger partial charge is 0.493 e. The lowest BCUT2D eigenvalue weighted by molar-refractivity contribution is -0.158. The number of hydrogen-bond acceptors (Lipinski definition) is 6. The first-order chi connectivity index (χ1) is 19.3. The number of aryl methyl sites for hydroxylation is 1. The first kappa shape index (κ1) is 27.0. The van der Waals surface area contributed by atoms with Gasteiger partial charge in [0.05, 0.1) is 18.9 Å². The molecule has 40 heavy (non-hydrogen) atoms. The third-order valence-electron chi connectivity index (χ3n) is 6.67. The van der Waals surface area contributed by atoms with Crippen molar-refractivity contribution in [2.75, 3.05) is 13.2 Å². The molecule has 0 N–H and O–H groups in total. The minimum Gasteiger partial charge on any atom is -0.493 e. The number of oxazole rings is 1. The van der Waals surface area contributed by atoms with Crippen molar-refractivity contribution in [1.82, 2.24) is 4.98 Å². The second-order valence-corrected chi connectivity index (χ2v) is 10.0. The van der Waals surface area contributed by atoms with Crippen LogP contribution >= 0.6 is 0 Å². The van der Waals surface area contributed by atoms with Crippen LogP contribution in [0.3, 0.4) is 0 Å². The van der Waals surface area contributed by atoms with Gasteiger partial charge in [-0.2, -0.15) is 0 Å². The number of rotatable bonds is 10. The maximum absolute atomic E-state index is 12.1. The van der Waals surface area contributed by atoms with Crippen LogP contribution in [0, 0.1) is 6.92 Å². The number of hydrogen-bond donors (Lipinski definition) is 0. The summed E-state index contributed by atoms with van der Waals surface area (Å²) in [6.45, 7) is 7.82. The molecule has 5 aromatic rings. The van der Waals surface area contributed by atoms with E-state index in [0.29, 0.717) is 37.0 Å². The van der Waals surface area contributed by atoms with Crippen LogP contribution in [0.2, 0.25) is 0 Å². The normalized spacial score (nSPS) is 11.4. The monoisotopic (exact) mass is 535 g/mol. The standard InChI is InChI=1S/C34H33NO5/c1-5-37-33(36)34(3,4)40-28-18-16-27(17-19-28)38-21-20-31-23(2)39-32(35-31)26-13-8-12-25(22-26)30-15-9-11-24-10-6-7-14-29(24)30/h6-19,22H,5,20-21H2,1-4H3. The lowest BCUT2D eigenvalue weighted by atomic mass is 9.97. The second-order valence-electron chi connectivity index (χ2n) is 10.0. The van der Waals surface area contributed by atoms with Gasteiger partial charge < -0.3 is 18.6 Å². The van der Waals surface area contributed by atoms with E-state index in [0.717, 1.165) is 22.6 Å². The van der Waals surface area contributed by atoms with Crippen molar-refractivity contribution in [1.29, 1.82) is 0 Å². The Kier molecular flexibility index (Phi) is 7.87. The van der Waals surface area contributed by atoms with Crippen LogP contribution in [0.1, 0.15) is 32.2 Å². The fourth-order valence-electron chi connectivity index (χ4n) is 4.59. The highest BCUT2D eigenvalue weighted by Gasteiger charge is 2.31. The predicted molar refractivity (Wildman–Crippen MR) is 157 cm³/mol. The van der Waals surface area contributed by atoms with Gasteiger partial charge in [0.25, 0.3) is 0 Å². The SMILES string of the molecule is CCOC(=O)C(C)(C)Oc1ccc(OCCc2nc(-c3cccc(-c4cccc5ccccc45)c3)oc2C)cc1. The number of carbonyl (C=O) groups is 1. The zero-order valence-electron chi connectivity index (χ0n) is 23.3. The first-order valence-electron chi connectivity index (χ1n) is 13.5. The Hall–Kier alpha value is -4.58. The molecule has 0 aliphatic heterocycles. The van der Waals surface area contributed by atoms with E-state index < -0.39 is 11.6 Å². The van der Waals surface area contributed by atoms with E-state index in [4.69, 9.17) is 23.6 Å². The molecule has 0 fully saturated rings. The van der Waals surface area contributed by atoms with Crippen LogP contribution < -0.4 is 9.47 Å². The Morgan fingerprint density at radius 3 is 2.38 bits per heavy atom. The summed E-state index contributed by atoms with van der Waals surface area (Å²) in [5.41, 5.74) is 3.02. The number of aromatic nitrogens is 1. The summed E-state index contributed by atoms with van der Waals surface area (Å²) in [6, 6.07) is 30.2. The van der Waals surface area contributed by atoms with Gasteiger partial charge in [-0.05, 0) is 86.0 Å². The van der Waals surface area contributed by atoms with Gasteiger partial charge in [-0.1, -0.05) is 54.6 Å². The molecule has 0 amide bonds. The van der Waals surface area contributed by atoms with E-state index in [2.05, 4.69) is 54.6 Å². The summed E-state index contributed by atoms with van der Waals surface area (Å²) in [6.07, 6.45) is 0.604. The number of ether oxygens (including phenoxy) is 3. The van der Waals surface area contributed by atoms with Gasteiger partial charge >= 0.3 is 5.97 Å². The zero-order chi connectivity index (χ0) is 28.1. The number of fused-ring (bicyclic) bond motifs is 1. The summed E-state index contributed by atoms with van der Waals surface area (Å²) in [5.74, 6) is 2.23. The molecule has 0 aliphatic rings. The molecule has 0 atom stereocenters. The fraction of sp³-hybridized carbons (Fsp3) is 0.235.